The number of hydrogen-bond donors (Lipinski definition) is 1. The lowest BCUT2D eigenvalue weighted by Crippen LogP contribution is -2.22. The standard InChI is InChI=1S/C21H22N2O5/c1-4-27-17-8-5-14(6-9-17)21(24)22-13-16-12-19(28-23-16)15-7-10-18(25-2)20(11-15)26-3/h5-12H,4,13H2,1-3H3,(H,22,24). The van der Waals surface area contributed by atoms with Crippen molar-refractivity contribution in [3.05, 3.63) is 59.8 Å². The molecule has 3 aromatic rings. The number of ether oxygens (including phenoxy) is 3. The molecule has 0 bridgehead atoms. The van der Waals surface area contributed by atoms with Crippen LogP contribution in [0.4, 0.5) is 0 Å². The maximum Gasteiger partial charge on any atom is 0.251 e. The molecule has 0 aliphatic rings. The van der Waals surface area contributed by atoms with Gasteiger partial charge in [0.2, 0.25) is 0 Å². The van der Waals surface area contributed by atoms with Crippen molar-refractivity contribution >= 4 is 5.91 Å². The van der Waals surface area contributed by atoms with Crippen molar-refractivity contribution < 1.29 is 23.5 Å². The monoisotopic (exact) mass is 382 g/mol. The first kappa shape index (κ1) is 19.3. The lowest BCUT2D eigenvalue weighted by atomic mass is 10.1. The first-order valence-corrected chi connectivity index (χ1v) is 8.83. The molecule has 0 fully saturated rings. The number of amides is 1. The predicted molar refractivity (Wildman–Crippen MR) is 104 cm³/mol. The number of nitrogens with zero attached hydrogens (tertiary/aromatic N) is 1. The van der Waals surface area contributed by atoms with E-state index in [9.17, 15) is 4.79 Å². The number of hydrogen-bond acceptors (Lipinski definition) is 6. The molecule has 0 aliphatic heterocycles. The van der Waals surface area contributed by atoms with Gasteiger partial charge in [-0.1, -0.05) is 5.16 Å². The van der Waals surface area contributed by atoms with Crippen LogP contribution in [0.1, 0.15) is 23.0 Å². The number of carbonyl (C=O) groups is 1. The summed E-state index contributed by atoms with van der Waals surface area (Å²) < 4.78 is 21.3. The number of methoxy groups -OCH3 is 2. The van der Waals surface area contributed by atoms with Gasteiger partial charge in [-0.25, -0.2) is 0 Å². The van der Waals surface area contributed by atoms with Gasteiger partial charge >= 0.3 is 0 Å². The predicted octanol–water partition coefficient (Wildman–Crippen LogP) is 3.69. The van der Waals surface area contributed by atoms with Crippen molar-refractivity contribution in [2.45, 2.75) is 13.5 Å². The minimum absolute atomic E-state index is 0.196. The topological polar surface area (TPSA) is 82.8 Å². The molecule has 0 spiro atoms. The zero-order chi connectivity index (χ0) is 19.9. The van der Waals surface area contributed by atoms with E-state index in [-0.39, 0.29) is 12.5 Å². The zero-order valence-electron chi connectivity index (χ0n) is 16.0. The molecule has 1 amide bonds. The highest BCUT2D eigenvalue weighted by atomic mass is 16.5. The average Bonchev–Trinajstić information content (AvgIpc) is 3.21. The second-order valence-corrected chi connectivity index (χ2v) is 5.89. The van der Waals surface area contributed by atoms with Gasteiger partial charge in [0, 0.05) is 17.2 Å². The SMILES string of the molecule is CCOc1ccc(C(=O)NCc2cc(-c3ccc(OC)c(OC)c3)on2)cc1. The molecule has 0 saturated carbocycles. The second kappa shape index (κ2) is 8.94. The Hall–Kier alpha value is -3.48. The maximum atomic E-state index is 12.3. The van der Waals surface area contributed by atoms with Gasteiger partial charge in [0.1, 0.15) is 11.4 Å². The van der Waals surface area contributed by atoms with E-state index < -0.39 is 0 Å². The number of nitrogens with one attached hydrogen (secondary N) is 1. The first-order chi connectivity index (χ1) is 13.6. The highest BCUT2D eigenvalue weighted by Crippen LogP contribution is 2.32. The minimum atomic E-state index is -0.196. The van der Waals surface area contributed by atoms with Crippen LogP contribution >= 0.6 is 0 Å². The van der Waals surface area contributed by atoms with Crippen LogP contribution in [0.2, 0.25) is 0 Å². The average molecular weight is 382 g/mol. The van der Waals surface area contributed by atoms with E-state index in [2.05, 4.69) is 10.5 Å². The van der Waals surface area contributed by atoms with Gasteiger partial charge in [-0.15, -0.1) is 0 Å². The van der Waals surface area contributed by atoms with Gasteiger partial charge in [-0.3, -0.25) is 4.79 Å². The van der Waals surface area contributed by atoms with Crippen LogP contribution in [-0.2, 0) is 6.54 Å². The summed E-state index contributed by atoms with van der Waals surface area (Å²) in [7, 11) is 3.15. The summed E-state index contributed by atoms with van der Waals surface area (Å²) in [6.45, 7) is 2.75. The van der Waals surface area contributed by atoms with Gasteiger partial charge in [0.25, 0.3) is 5.91 Å². The largest absolute Gasteiger partial charge is 0.494 e. The van der Waals surface area contributed by atoms with Crippen molar-refractivity contribution in [2.24, 2.45) is 0 Å². The number of carbonyl (C=O) groups excluding carboxylic acids is 1. The van der Waals surface area contributed by atoms with E-state index in [1.165, 1.54) is 0 Å². The van der Waals surface area contributed by atoms with Crippen LogP contribution in [0, 0.1) is 0 Å². The van der Waals surface area contributed by atoms with Crippen molar-refractivity contribution in [1.82, 2.24) is 10.5 Å². The summed E-state index contributed by atoms with van der Waals surface area (Å²) in [5, 5.41) is 6.84. The lowest BCUT2D eigenvalue weighted by Gasteiger charge is -2.07. The van der Waals surface area contributed by atoms with Crippen molar-refractivity contribution in [3.8, 4) is 28.6 Å². The first-order valence-electron chi connectivity index (χ1n) is 8.83. The van der Waals surface area contributed by atoms with E-state index in [0.717, 1.165) is 11.3 Å². The normalized spacial score (nSPS) is 10.4. The second-order valence-electron chi connectivity index (χ2n) is 5.89. The van der Waals surface area contributed by atoms with E-state index >= 15 is 0 Å². The van der Waals surface area contributed by atoms with Crippen LogP contribution in [0.15, 0.2) is 53.1 Å². The molecule has 0 atom stereocenters. The molecule has 1 heterocycles. The van der Waals surface area contributed by atoms with Crippen molar-refractivity contribution in [1.29, 1.82) is 0 Å². The van der Waals surface area contributed by atoms with E-state index in [1.807, 2.05) is 19.1 Å². The molecule has 1 N–H and O–H groups in total. The summed E-state index contributed by atoms with van der Waals surface area (Å²) in [6.07, 6.45) is 0. The van der Waals surface area contributed by atoms with Gasteiger partial charge in [-0.05, 0) is 49.4 Å². The molecule has 28 heavy (non-hydrogen) atoms. The highest BCUT2D eigenvalue weighted by Gasteiger charge is 2.12. The van der Waals surface area contributed by atoms with Gasteiger partial charge in [0.15, 0.2) is 17.3 Å². The highest BCUT2D eigenvalue weighted by molar-refractivity contribution is 5.94. The molecule has 1 aromatic heterocycles. The molecule has 3 rings (SSSR count). The molecule has 7 heteroatoms. The van der Waals surface area contributed by atoms with Crippen LogP contribution in [0.25, 0.3) is 11.3 Å². The van der Waals surface area contributed by atoms with E-state index in [0.29, 0.717) is 35.1 Å². The van der Waals surface area contributed by atoms with Gasteiger partial charge < -0.3 is 24.1 Å². The van der Waals surface area contributed by atoms with Gasteiger partial charge in [-0.2, -0.15) is 0 Å². The van der Waals surface area contributed by atoms with Crippen LogP contribution < -0.4 is 19.5 Å². The molecular weight excluding hydrogens is 360 g/mol. The maximum absolute atomic E-state index is 12.3. The summed E-state index contributed by atoms with van der Waals surface area (Å²) >= 11 is 0. The molecule has 2 aromatic carbocycles. The Morgan fingerprint density at radius 3 is 2.46 bits per heavy atom. The third-order valence-corrected chi connectivity index (χ3v) is 4.08. The fourth-order valence-corrected chi connectivity index (χ4v) is 2.66. The Balaban J connectivity index is 1.64. The Morgan fingerprint density at radius 1 is 1.04 bits per heavy atom. The Morgan fingerprint density at radius 2 is 1.79 bits per heavy atom. The van der Waals surface area contributed by atoms with E-state index in [4.69, 9.17) is 18.7 Å². The Labute approximate surface area is 163 Å². The Kier molecular flexibility index (Phi) is 6.16. The zero-order valence-corrected chi connectivity index (χ0v) is 16.0. The third-order valence-electron chi connectivity index (χ3n) is 4.08. The number of aromatic nitrogens is 1. The number of benzene rings is 2. The quantitative estimate of drug-likeness (QED) is 0.640. The summed E-state index contributed by atoms with van der Waals surface area (Å²) in [4.78, 5) is 12.3. The third kappa shape index (κ3) is 4.43. The van der Waals surface area contributed by atoms with Crippen LogP contribution in [-0.4, -0.2) is 31.9 Å². The summed E-state index contributed by atoms with van der Waals surface area (Å²) in [6, 6.07) is 14.2. The number of rotatable bonds is 8. The molecule has 146 valence electrons. The Bertz CT molecular complexity index is 934. The molecule has 7 nitrogen and oxygen atoms in total. The van der Waals surface area contributed by atoms with Crippen LogP contribution in [0.3, 0.4) is 0 Å². The smallest absolute Gasteiger partial charge is 0.251 e. The fourth-order valence-electron chi connectivity index (χ4n) is 2.66. The van der Waals surface area contributed by atoms with Crippen molar-refractivity contribution in [3.63, 3.8) is 0 Å². The molecule has 0 saturated heterocycles. The minimum Gasteiger partial charge on any atom is -0.494 e. The summed E-state index contributed by atoms with van der Waals surface area (Å²) in [5.74, 6) is 2.34. The molecule has 0 unspecified atom stereocenters. The molecular formula is C21H22N2O5. The molecule has 0 aliphatic carbocycles. The van der Waals surface area contributed by atoms with Crippen molar-refractivity contribution in [2.75, 3.05) is 20.8 Å². The molecule has 0 radical (unpaired) electrons. The lowest BCUT2D eigenvalue weighted by molar-refractivity contribution is 0.0950. The fraction of sp³-hybridized carbons (Fsp3) is 0.238. The summed E-state index contributed by atoms with van der Waals surface area (Å²) in [5.41, 5.74) is 1.96. The van der Waals surface area contributed by atoms with Crippen LogP contribution in [0.5, 0.6) is 17.2 Å². The van der Waals surface area contributed by atoms with E-state index in [1.54, 1.807) is 50.6 Å². The van der Waals surface area contributed by atoms with Gasteiger partial charge in [0.05, 0.1) is 27.4 Å².